The highest BCUT2D eigenvalue weighted by molar-refractivity contribution is 6.33. The van der Waals surface area contributed by atoms with E-state index in [1.165, 1.54) is 29.9 Å². The molecule has 3 N–H and O–H groups in total. The molecule has 67 heavy (non-hydrogen) atoms. The Kier molecular flexibility index (Phi) is 12.7. The number of rotatable bonds is 12. The summed E-state index contributed by atoms with van der Waals surface area (Å²) in [6, 6.07) is 7.30. The number of piperidine rings is 2. The Labute approximate surface area is 391 Å². The van der Waals surface area contributed by atoms with Crippen LogP contribution in [0.4, 0.5) is 27.5 Å². The number of nitrogens with one attached hydrogen (secondary N) is 3. The average molecular weight is 941 g/mol. The fraction of sp³-hybridized carbons (Fsp3) is 0.489. The predicted molar refractivity (Wildman–Crippen MR) is 248 cm³/mol. The molecule has 0 radical (unpaired) electrons. The molecule has 2 aromatic carbocycles. The summed E-state index contributed by atoms with van der Waals surface area (Å²) in [4.78, 5) is 93.5. The lowest BCUT2D eigenvalue weighted by Crippen LogP contribution is -2.59. The number of piperazine rings is 1. The Balaban J connectivity index is 0.772. The van der Waals surface area contributed by atoms with Gasteiger partial charge in [-0.25, -0.2) is 9.37 Å². The van der Waals surface area contributed by atoms with Gasteiger partial charge in [0.15, 0.2) is 24.0 Å². The molecule has 9 rings (SSSR count). The van der Waals surface area contributed by atoms with Crippen LogP contribution in [0.1, 0.15) is 91.6 Å². The number of carbonyl (C=O) groups is 5. The van der Waals surface area contributed by atoms with Crippen molar-refractivity contribution in [3.8, 4) is 5.75 Å². The molecular weight excluding hydrogens is 887 g/mol. The van der Waals surface area contributed by atoms with Crippen LogP contribution in [-0.4, -0.2) is 131 Å². The van der Waals surface area contributed by atoms with Gasteiger partial charge in [0.1, 0.15) is 11.1 Å². The zero-order chi connectivity index (χ0) is 47.4. The molecule has 6 heterocycles. The standard InChI is InChI=1S/C47H54ClFN10O8/c1-24(2)58-35-9-7-33(41(49)31(35)20-37(45(58)64)66-23-39(61)50-5)52-42-32(48)21-51-47(54-42)55-14-12-28(13-15-55)67-29-18-27(19-29)56-16-17-57(25(3)22-56)34-8-6-30-40(26(34)4)46(65)59(44(30)63)36-10-11-38(60)53-43(36)62/h6-9,20-21,24-25,27-29,36H,10-19,22-23H2,1-5H3,(H,50,61)(H,51,52,54)(H,53,60,62)/t25-,27-,29-,36?/m1/s1. The summed E-state index contributed by atoms with van der Waals surface area (Å²) in [5, 5.41) is 8.04. The summed E-state index contributed by atoms with van der Waals surface area (Å²) >= 11 is 6.54. The molecular formula is C47H54ClFN10O8. The Bertz CT molecular complexity index is 2740. The van der Waals surface area contributed by atoms with Gasteiger partial charge in [0.25, 0.3) is 23.3 Å². The average Bonchev–Trinajstić information content (AvgIpc) is 3.54. The molecule has 1 aliphatic carbocycles. The number of carbonyl (C=O) groups excluding carboxylic acids is 5. The number of hydrogen-bond donors (Lipinski definition) is 3. The maximum Gasteiger partial charge on any atom is 0.293 e. The number of amides is 5. The largest absolute Gasteiger partial charge is 0.478 e. The SMILES string of the molecule is CNC(=O)COc1cc2c(F)c(Nc3nc(N4CCC(O[C@H]5C[C@H](N6CCN(c7ccc8c(c7C)C(=O)N(C7CCC(=O)NC7=O)C8=O)[C@H](C)C6)C5)CC4)ncc3Cl)ccc2n(C(C)C)c1=O. The van der Waals surface area contributed by atoms with E-state index in [0.717, 1.165) is 55.9 Å². The maximum absolute atomic E-state index is 16.2. The summed E-state index contributed by atoms with van der Waals surface area (Å²) in [6.07, 6.45) is 5.38. The zero-order valence-electron chi connectivity index (χ0n) is 38.1. The van der Waals surface area contributed by atoms with E-state index in [-0.39, 0.29) is 70.4 Å². The van der Waals surface area contributed by atoms with Crippen LogP contribution in [0.5, 0.6) is 5.75 Å². The molecule has 4 aromatic rings. The van der Waals surface area contributed by atoms with Crippen LogP contribution < -0.4 is 36.0 Å². The van der Waals surface area contributed by atoms with E-state index in [2.05, 4.69) is 47.5 Å². The molecule has 0 spiro atoms. The van der Waals surface area contributed by atoms with Crippen molar-refractivity contribution in [3.63, 3.8) is 0 Å². The van der Waals surface area contributed by atoms with Crippen LogP contribution in [0.3, 0.4) is 0 Å². The number of halogens is 2. The van der Waals surface area contributed by atoms with Crippen LogP contribution in [0.25, 0.3) is 10.9 Å². The van der Waals surface area contributed by atoms with Gasteiger partial charge in [0, 0.05) is 75.4 Å². The van der Waals surface area contributed by atoms with Crippen molar-refractivity contribution < 1.29 is 37.8 Å². The third-order valence-electron chi connectivity index (χ3n) is 13.8. The van der Waals surface area contributed by atoms with Gasteiger partial charge in [0.2, 0.25) is 17.8 Å². The monoisotopic (exact) mass is 940 g/mol. The van der Waals surface area contributed by atoms with Crippen molar-refractivity contribution in [2.75, 3.05) is 61.5 Å². The first-order valence-electron chi connectivity index (χ1n) is 22.9. The highest BCUT2D eigenvalue weighted by Gasteiger charge is 2.46. The van der Waals surface area contributed by atoms with E-state index in [1.54, 1.807) is 26.0 Å². The van der Waals surface area contributed by atoms with Crippen molar-refractivity contribution in [2.45, 2.75) is 103 Å². The summed E-state index contributed by atoms with van der Waals surface area (Å²) in [5.74, 6) is -2.58. The molecule has 4 aliphatic heterocycles. The predicted octanol–water partition coefficient (Wildman–Crippen LogP) is 4.47. The van der Waals surface area contributed by atoms with Gasteiger partial charge in [0.05, 0.1) is 40.7 Å². The Hall–Kier alpha value is -6.18. The van der Waals surface area contributed by atoms with Gasteiger partial charge in [-0.3, -0.25) is 43.9 Å². The molecule has 0 bridgehead atoms. The number of imide groups is 2. The number of ether oxygens (including phenoxy) is 2. The summed E-state index contributed by atoms with van der Waals surface area (Å²) in [6.45, 7) is 11.0. The van der Waals surface area contributed by atoms with Crippen molar-refractivity contribution in [3.05, 3.63) is 74.4 Å². The first-order valence-corrected chi connectivity index (χ1v) is 23.3. The summed E-state index contributed by atoms with van der Waals surface area (Å²) in [7, 11) is 1.45. The number of anilines is 4. The third-order valence-corrected chi connectivity index (χ3v) is 14.0. The zero-order valence-corrected chi connectivity index (χ0v) is 38.8. The second-order valence-electron chi connectivity index (χ2n) is 18.3. The minimum Gasteiger partial charge on any atom is -0.478 e. The lowest BCUT2D eigenvalue weighted by Gasteiger charge is -2.50. The third kappa shape index (κ3) is 8.68. The van der Waals surface area contributed by atoms with Gasteiger partial charge >= 0.3 is 0 Å². The highest BCUT2D eigenvalue weighted by Crippen LogP contribution is 2.38. The van der Waals surface area contributed by atoms with Crippen molar-refractivity contribution >= 4 is 75.2 Å². The second-order valence-corrected chi connectivity index (χ2v) is 18.7. The topological polar surface area (TPSA) is 201 Å². The fourth-order valence-corrected chi connectivity index (χ4v) is 10.2. The fourth-order valence-electron chi connectivity index (χ4n) is 10.1. The van der Waals surface area contributed by atoms with E-state index >= 15 is 4.39 Å². The Morgan fingerprint density at radius 1 is 1.00 bits per heavy atom. The maximum atomic E-state index is 16.2. The van der Waals surface area contributed by atoms with E-state index in [1.807, 2.05) is 13.0 Å². The van der Waals surface area contributed by atoms with Crippen LogP contribution in [0.2, 0.25) is 5.02 Å². The van der Waals surface area contributed by atoms with E-state index in [4.69, 9.17) is 21.1 Å². The van der Waals surface area contributed by atoms with Gasteiger partial charge in [-0.2, -0.15) is 4.98 Å². The molecule has 1 saturated carbocycles. The van der Waals surface area contributed by atoms with Crippen LogP contribution >= 0.6 is 11.6 Å². The van der Waals surface area contributed by atoms with Gasteiger partial charge in [-0.1, -0.05) is 11.6 Å². The number of likely N-dealkylation sites (N-methyl/N-ethyl adjacent to an activating group) is 1. The van der Waals surface area contributed by atoms with E-state index in [0.29, 0.717) is 41.7 Å². The highest BCUT2D eigenvalue weighted by atomic mass is 35.5. The first-order chi connectivity index (χ1) is 32.1. The van der Waals surface area contributed by atoms with Gasteiger partial charge in [-0.15, -0.1) is 0 Å². The molecule has 4 fully saturated rings. The lowest BCUT2D eigenvalue weighted by atomic mass is 9.86. The molecule has 354 valence electrons. The van der Waals surface area contributed by atoms with E-state index < -0.39 is 53.6 Å². The van der Waals surface area contributed by atoms with Gasteiger partial charge in [-0.05, 0) is 95.7 Å². The van der Waals surface area contributed by atoms with Crippen molar-refractivity contribution in [2.24, 2.45) is 0 Å². The van der Waals surface area contributed by atoms with E-state index in [9.17, 15) is 28.8 Å². The van der Waals surface area contributed by atoms with Crippen LogP contribution in [0, 0.1) is 12.7 Å². The molecule has 20 heteroatoms. The number of nitrogens with zero attached hydrogens (tertiary/aromatic N) is 7. The Morgan fingerprint density at radius 3 is 2.46 bits per heavy atom. The molecule has 5 aliphatic rings. The number of pyridine rings is 1. The number of aromatic nitrogens is 3. The summed E-state index contributed by atoms with van der Waals surface area (Å²) in [5.41, 5.74) is 2.21. The van der Waals surface area contributed by atoms with Crippen molar-refractivity contribution in [1.29, 1.82) is 0 Å². The number of fused-ring (bicyclic) bond motifs is 2. The second kappa shape index (κ2) is 18.5. The normalized spacial score (nSPS) is 22.6. The summed E-state index contributed by atoms with van der Waals surface area (Å²) < 4.78 is 29.8. The smallest absolute Gasteiger partial charge is 0.293 e. The minimum absolute atomic E-state index is 0.0718. The van der Waals surface area contributed by atoms with Crippen LogP contribution in [0.15, 0.2) is 41.3 Å². The molecule has 3 saturated heterocycles. The minimum atomic E-state index is -1.00. The molecule has 5 amide bonds. The quantitative estimate of drug-likeness (QED) is 0.168. The molecule has 2 aromatic heterocycles. The molecule has 2 atom stereocenters. The molecule has 18 nitrogen and oxygen atoms in total. The molecule has 1 unspecified atom stereocenters. The number of hydrogen-bond acceptors (Lipinski definition) is 14. The number of benzene rings is 2. The van der Waals surface area contributed by atoms with Crippen molar-refractivity contribution in [1.82, 2.24) is 35.0 Å². The Morgan fingerprint density at radius 2 is 1.76 bits per heavy atom. The lowest BCUT2D eigenvalue weighted by molar-refractivity contribution is -0.136. The first kappa shape index (κ1) is 46.0. The van der Waals surface area contributed by atoms with Crippen LogP contribution in [-0.2, 0) is 19.1 Å². The van der Waals surface area contributed by atoms with Gasteiger partial charge < -0.3 is 34.5 Å².